The first-order chi connectivity index (χ1) is 8.19. The molecule has 2 heterocycles. The van der Waals surface area contributed by atoms with Gasteiger partial charge in [-0.1, -0.05) is 0 Å². The molecule has 1 fully saturated rings. The van der Waals surface area contributed by atoms with E-state index in [2.05, 4.69) is 4.99 Å². The van der Waals surface area contributed by atoms with Gasteiger partial charge in [0.15, 0.2) is 5.54 Å². The second kappa shape index (κ2) is 4.65. The predicted molar refractivity (Wildman–Crippen MR) is 59.8 cm³/mol. The molecule has 1 saturated heterocycles. The Morgan fingerprint density at radius 1 is 1.59 bits per heavy atom. The van der Waals surface area contributed by atoms with Crippen LogP contribution in [0.15, 0.2) is 16.6 Å². The quantitative estimate of drug-likeness (QED) is 0.708. The van der Waals surface area contributed by atoms with E-state index >= 15 is 0 Å². The lowest BCUT2D eigenvalue weighted by Crippen LogP contribution is -2.59. The van der Waals surface area contributed by atoms with Crippen LogP contribution in [0, 0.1) is 11.3 Å². The van der Waals surface area contributed by atoms with Crippen molar-refractivity contribution in [1.82, 2.24) is 4.90 Å². The molecule has 2 aliphatic rings. The number of nitrogens with zero attached hydrogens (tertiary/aromatic N) is 3. The summed E-state index contributed by atoms with van der Waals surface area (Å²) >= 11 is 0. The number of ether oxygens (including phenoxy) is 1. The minimum atomic E-state index is -1.19. The van der Waals surface area contributed by atoms with E-state index in [0.29, 0.717) is 31.9 Å². The first-order valence-electron chi connectivity index (χ1n) is 5.38. The Balaban J connectivity index is 2.33. The van der Waals surface area contributed by atoms with Gasteiger partial charge >= 0.3 is 5.97 Å². The second-order valence-electron chi connectivity index (χ2n) is 4.01. The number of morpholine rings is 1. The van der Waals surface area contributed by atoms with Gasteiger partial charge in [-0.15, -0.1) is 0 Å². The largest absolute Gasteiger partial charge is 0.480 e. The molecule has 0 aromatic heterocycles. The van der Waals surface area contributed by atoms with E-state index in [1.165, 1.54) is 12.3 Å². The fraction of sp³-hybridized carbons (Fsp3) is 0.545. The van der Waals surface area contributed by atoms with Crippen LogP contribution in [0.1, 0.15) is 0 Å². The monoisotopic (exact) mass is 235 g/mol. The van der Waals surface area contributed by atoms with Crippen LogP contribution >= 0.6 is 0 Å². The average Bonchev–Trinajstić information content (AvgIpc) is 2.39. The summed E-state index contributed by atoms with van der Waals surface area (Å²) in [4.78, 5) is 17.3. The molecule has 1 N–H and O–H groups in total. The van der Waals surface area contributed by atoms with Crippen LogP contribution in [0.3, 0.4) is 0 Å². The molecule has 0 spiro atoms. The van der Waals surface area contributed by atoms with Gasteiger partial charge in [0, 0.05) is 19.3 Å². The van der Waals surface area contributed by atoms with Gasteiger partial charge < -0.3 is 9.84 Å². The van der Waals surface area contributed by atoms with Crippen LogP contribution in [0.2, 0.25) is 0 Å². The molecule has 6 nitrogen and oxygen atoms in total. The number of nitriles is 1. The Morgan fingerprint density at radius 2 is 2.29 bits per heavy atom. The number of aliphatic imine (C=N–C) groups is 1. The number of dihydropyridines is 1. The maximum atomic E-state index is 11.5. The lowest BCUT2D eigenvalue weighted by atomic mass is 9.92. The lowest BCUT2D eigenvalue weighted by molar-refractivity contribution is -0.150. The number of carbonyl (C=O) groups is 1. The molecule has 1 unspecified atom stereocenters. The third-order valence-corrected chi connectivity index (χ3v) is 3.03. The van der Waals surface area contributed by atoms with Crippen molar-refractivity contribution < 1.29 is 14.6 Å². The molecule has 0 radical (unpaired) electrons. The molecule has 0 saturated carbocycles. The highest BCUT2D eigenvalue weighted by Gasteiger charge is 2.44. The molecule has 2 aliphatic heterocycles. The van der Waals surface area contributed by atoms with Crippen LogP contribution in [0.4, 0.5) is 0 Å². The number of carboxylic acids is 1. The van der Waals surface area contributed by atoms with Crippen molar-refractivity contribution >= 4 is 12.2 Å². The summed E-state index contributed by atoms with van der Waals surface area (Å²) in [6.45, 7) is 2.24. The predicted octanol–water partition coefficient (Wildman–Crippen LogP) is -0.324. The first-order valence-corrected chi connectivity index (χ1v) is 5.38. The van der Waals surface area contributed by atoms with Crippen molar-refractivity contribution in [3.63, 3.8) is 0 Å². The molecule has 1 atom stereocenters. The summed E-state index contributed by atoms with van der Waals surface area (Å²) in [5, 5.41) is 18.3. The van der Waals surface area contributed by atoms with Gasteiger partial charge in [0.2, 0.25) is 0 Å². The van der Waals surface area contributed by atoms with E-state index in [-0.39, 0.29) is 6.54 Å². The van der Waals surface area contributed by atoms with E-state index in [1.807, 2.05) is 11.0 Å². The molecule has 6 heteroatoms. The number of hydrogen-bond donors (Lipinski definition) is 1. The van der Waals surface area contributed by atoms with Crippen LogP contribution in [-0.4, -0.2) is 60.6 Å². The Labute approximate surface area is 98.8 Å². The summed E-state index contributed by atoms with van der Waals surface area (Å²) < 4.78 is 5.21. The standard InChI is InChI=1S/C11H13N3O3/c12-6-9-5-11(10(15)16,8-13-7-9)14-1-3-17-4-2-14/h5,7H,1-4,8H2,(H,15,16). The SMILES string of the molecule is N#CC1=CC(C(=O)O)(N2CCOCC2)CN=C1. The van der Waals surface area contributed by atoms with Crippen LogP contribution in [-0.2, 0) is 9.53 Å². The highest BCUT2D eigenvalue weighted by Crippen LogP contribution is 2.24. The zero-order valence-electron chi connectivity index (χ0n) is 9.30. The van der Waals surface area contributed by atoms with Gasteiger partial charge in [0.25, 0.3) is 0 Å². The zero-order chi connectivity index (χ0) is 12.3. The summed E-state index contributed by atoms with van der Waals surface area (Å²) in [6.07, 6.45) is 2.91. The molecule has 0 aromatic carbocycles. The molecular weight excluding hydrogens is 222 g/mol. The second-order valence-corrected chi connectivity index (χ2v) is 4.01. The van der Waals surface area contributed by atoms with E-state index < -0.39 is 11.5 Å². The fourth-order valence-electron chi connectivity index (χ4n) is 2.10. The third kappa shape index (κ3) is 2.07. The average molecular weight is 235 g/mol. The van der Waals surface area contributed by atoms with Crippen molar-refractivity contribution in [1.29, 1.82) is 5.26 Å². The van der Waals surface area contributed by atoms with Crippen molar-refractivity contribution in [2.24, 2.45) is 4.99 Å². The van der Waals surface area contributed by atoms with Crippen LogP contribution in [0.25, 0.3) is 0 Å². The van der Waals surface area contributed by atoms with Crippen LogP contribution < -0.4 is 0 Å². The maximum Gasteiger partial charge on any atom is 0.330 e. The molecule has 17 heavy (non-hydrogen) atoms. The Kier molecular flexibility index (Phi) is 3.22. The molecule has 0 aliphatic carbocycles. The van der Waals surface area contributed by atoms with Crippen LogP contribution in [0.5, 0.6) is 0 Å². The van der Waals surface area contributed by atoms with Crippen molar-refractivity contribution in [3.05, 3.63) is 11.6 Å². The van der Waals surface area contributed by atoms with Crippen molar-refractivity contribution in [2.75, 3.05) is 32.8 Å². The summed E-state index contributed by atoms with van der Waals surface area (Å²) in [5.41, 5.74) is -0.894. The number of rotatable bonds is 2. The van der Waals surface area contributed by atoms with Gasteiger partial charge in [-0.3, -0.25) is 9.89 Å². The molecule has 0 amide bonds. The molecule has 2 rings (SSSR count). The van der Waals surface area contributed by atoms with Gasteiger partial charge in [-0.05, 0) is 6.08 Å². The maximum absolute atomic E-state index is 11.5. The first kappa shape index (κ1) is 11.8. The van der Waals surface area contributed by atoms with Gasteiger partial charge in [-0.25, -0.2) is 4.79 Å². The van der Waals surface area contributed by atoms with E-state index in [4.69, 9.17) is 10.00 Å². The fourth-order valence-corrected chi connectivity index (χ4v) is 2.10. The Hall–Kier alpha value is -1.71. The van der Waals surface area contributed by atoms with E-state index in [0.717, 1.165) is 0 Å². The summed E-state index contributed by atoms with van der Waals surface area (Å²) in [5.74, 6) is -0.969. The highest BCUT2D eigenvalue weighted by molar-refractivity contribution is 5.91. The highest BCUT2D eigenvalue weighted by atomic mass is 16.5. The van der Waals surface area contributed by atoms with Crippen molar-refractivity contribution in [2.45, 2.75) is 5.54 Å². The Morgan fingerprint density at radius 3 is 2.88 bits per heavy atom. The zero-order valence-corrected chi connectivity index (χ0v) is 9.30. The van der Waals surface area contributed by atoms with E-state index in [1.54, 1.807) is 0 Å². The topological polar surface area (TPSA) is 85.9 Å². The minimum absolute atomic E-state index is 0.146. The summed E-state index contributed by atoms with van der Waals surface area (Å²) in [7, 11) is 0. The third-order valence-electron chi connectivity index (χ3n) is 3.03. The van der Waals surface area contributed by atoms with Gasteiger partial charge in [0.05, 0.1) is 25.3 Å². The van der Waals surface area contributed by atoms with Crippen molar-refractivity contribution in [3.8, 4) is 6.07 Å². The number of allylic oxidation sites excluding steroid dienone is 1. The summed E-state index contributed by atoms with van der Waals surface area (Å²) in [6, 6.07) is 1.94. The smallest absolute Gasteiger partial charge is 0.330 e. The molecular formula is C11H13N3O3. The van der Waals surface area contributed by atoms with E-state index in [9.17, 15) is 9.90 Å². The minimum Gasteiger partial charge on any atom is -0.480 e. The Bertz CT molecular complexity index is 418. The van der Waals surface area contributed by atoms with Gasteiger partial charge in [-0.2, -0.15) is 5.26 Å². The molecule has 0 bridgehead atoms. The van der Waals surface area contributed by atoms with Gasteiger partial charge in [0.1, 0.15) is 6.07 Å². The molecule has 90 valence electrons. The molecule has 0 aromatic rings. The number of hydrogen-bond acceptors (Lipinski definition) is 5. The normalized spacial score (nSPS) is 29.5. The number of carboxylic acid groups (broad SMARTS) is 1. The lowest BCUT2D eigenvalue weighted by Gasteiger charge is -2.40. The number of aliphatic carboxylic acids is 1.